The lowest BCUT2D eigenvalue weighted by Gasteiger charge is -2.14. The summed E-state index contributed by atoms with van der Waals surface area (Å²) in [4.78, 5) is 15.8. The van der Waals surface area contributed by atoms with Gasteiger partial charge in [0.2, 0.25) is 0 Å². The average molecular weight is 252 g/mol. The first-order valence-corrected chi connectivity index (χ1v) is 5.30. The number of hydrazone groups is 1. The Balaban J connectivity index is 2.31. The lowest BCUT2D eigenvalue weighted by atomic mass is 10.3. The lowest BCUT2D eigenvalue weighted by molar-refractivity contribution is -0.134. The van der Waals surface area contributed by atoms with Gasteiger partial charge in [-0.25, -0.2) is 4.79 Å². The molecule has 0 amide bonds. The van der Waals surface area contributed by atoms with E-state index in [1.54, 1.807) is 26.1 Å². The molecule has 1 aliphatic heterocycles. The Morgan fingerprint density at radius 1 is 1.41 bits per heavy atom. The van der Waals surface area contributed by atoms with Crippen molar-refractivity contribution in [2.45, 2.75) is 6.92 Å². The van der Waals surface area contributed by atoms with Crippen LogP contribution in [0.15, 0.2) is 34.5 Å². The van der Waals surface area contributed by atoms with Crippen LogP contribution in [0.2, 0.25) is 5.02 Å². The maximum absolute atomic E-state index is 11.3. The van der Waals surface area contributed by atoms with Gasteiger partial charge in [-0.3, -0.25) is 5.01 Å². The molecule has 0 atom stereocenters. The molecule has 1 aromatic carbocycles. The van der Waals surface area contributed by atoms with Crippen LogP contribution in [0.1, 0.15) is 6.92 Å². The van der Waals surface area contributed by atoms with Gasteiger partial charge in [0.25, 0.3) is 0 Å². The highest BCUT2D eigenvalue weighted by Gasteiger charge is 2.25. The van der Waals surface area contributed by atoms with Crippen LogP contribution in [-0.2, 0) is 9.63 Å². The maximum atomic E-state index is 11.3. The third-order valence-corrected chi connectivity index (χ3v) is 2.57. The second-order valence-electron chi connectivity index (χ2n) is 3.48. The topological polar surface area (TPSA) is 54.3 Å². The maximum Gasteiger partial charge on any atom is 0.387 e. The number of carbonyl (C=O) groups excluding carboxylic acids is 1. The van der Waals surface area contributed by atoms with E-state index in [2.05, 4.69) is 15.1 Å². The summed E-state index contributed by atoms with van der Waals surface area (Å²) in [5.74, 6) is -0.554. The SMILES string of the molecule is CC1=NOC(=O)/C1=N\N(C)c1ccccc1Cl. The van der Waals surface area contributed by atoms with Gasteiger partial charge in [-0.15, -0.1) is 0 Å². The Morgan fingerprint density at radius 2 is 2.12 bits per heavy atom. The van der Waals surface area contributed by atoms with Gasteiger partial charge in [0, 0.05) is 7.05 Å². The second-order valence-corrected chi connectivity index (χ2v) is 3.89. The number of para-hydroxylation sites is 1. The van der Waals surface area contributed by atoms with Crippen molar-refractivity contribution in [1.29, 1.82) is 0 Å². The molecule has 1 aromatic rings. The van der Waals surface area contributed by atoms with Crippen molar-refractivity contribution in [1.82, 2.24) is 0 Å². The molecule has 0 aromatic heterocycles. The van der Waals surface area contributed by atoms with Crippen LogP contribution in [0.25, 0.3) is 0 Å². The summed E-state index contributed by atoms with van der Waals surface area (Å²) in [6.45, 7) is 1.66. The van der Waals surface area contributed by atoms with E-state index in [0.717, 1.165) is 0 Å². The van der Waals surface area contributed by atoms with Gasteiger partial charge in [0.15, 0.2) is 5.71 Å². The summed E-state index contributed by atoms with van der Waals surface area (Å²) in [6, 6.07) is 7.22. The Morgan fingerprint density at radius 3 is 2.71 bits per heavy atom. The van der Waals surface area contributed by atoms with Crippen LogP contribution < -0.4 is 5.01 Å². The minimum absolute atomic E-state index is 0.187. The van der Waals surface area contributed by atoms with E-state index in [4.69, 9.17) is 11.6 Å². The van der Waals surface area contributed by atoms with Crippen LogP contribution >= 0.6 is 11.6 Å². The zero-order valence-corrected chi connectivity index (χ0v) is 10.1. The molecule has 6 heteroatoms. The number of hydrogen-bond acceptors (Lipinski definition) is 5. The van der Waals surface area contributed by atoms with Crippen molar-refractivity contribution in [3.63, 3.8) is 0 Å². The molecule has 0 radical (unpaired) electrons. The highest BCUT2D eigenvalue weighted by Crippen LogP contribution is 2.24. The van der Waals surface area contributed by atoms with E-state index in [1.165, 1.54) is 5.01 Å². The van der Waals surface area contributed by atoms with E-state index in [0.29, 0.717) is 16.4 Å². The van der Waals surface area contributed by atoms with Gasteiger partial charge in [0.1, 0.15) is 5.71 Å². The van der Waals surface area contributed by atoms with E-state index >= 15 is 0 Å². The first-order valence-electron chi connectivity index (χ1n) is 4.93. The Labute approximate surface area is 103 Å². The van der Waals surface area contributed by atoms with Crippen molar-refractivity contribution in [3.05, 3.63) is 29.3 Å². The number of nitrogens with zero attached hydrogens (tertiary/aromatic N) is 3. The monoisotopic (exact) mass is 251 g/mol. The molecule has 5 nitrogen and oxygen atoms in total. The molecule has 17 heavy (non-hydrogen) atoms. The first-order chi connectivity index (χ1) is 8.09. The number of hydrogen-bond donors (Lipinski definition) is 0. The van der Waals surface area contributed by atoms with Crippen molar-refractivity contribution in [2.75, 3.05) is 12.1 Å². The van der Waals surface area contributed by atoms with Gasteiger partial charge >= 0.3 is 5.97 Å². The van der Waals surface area contributed by atoms with Gasteiger partial charge < -0.3 is 4.84 Å². The van der Waals surface area contributed by atoms with E-state index in [-0.39, 0.29) is 5.71 Å². The molecule has 2 rings (SSSR count). The Bertz CT molecular complexity index is 525. The van der Waals surface area contributed by atoms with Crippen molar-refractivity contribution in [3.8, 4) is 0 Å². The molecule has 0 unspecified atom stereocenters. The van der Waals surface area contributed by atoms with Crippen LogP contribution in [0.5, 0.6) is 0 Å². The minimum Gasteiger partial charge on any atom is -0.311 e. The van der Waals surface area contributed by atoms with E-state index in [9.17, 15) is 4.79 Å². The lowest BCUT2D eigenvalue weighted by Crippen LogP contribution is -2.21. The van der Waals surface area contributed by atoms with Gasteiger partial charge in [0.05, 0.1) is 10.7 Å². The average Bonchev–Trinajstić information content (AvgIpc) is 2.61. The summed E-state index contributed by atoms with van der Waals surface area (Å²) in [5.41, 5.74) is 1.34. The Hall–Kier alpha value is -1.88. The molecule has 0 saturated heterocycles. The predicted molar refractivity (Wildman–Crippen MR) is 66.5 cm³/mol. The quantitative estimate of drug-likeness (QED) is 0.597. The second kappa shape index (κ2) is 4.55. The summed E-state index contributed by atoms with van der Waals surface area (Å²) in [6.07, 6.45) is 0. The summed E-state index contributed by atoms with van der Waals surface area (Å²) in [7, 11) is 1.70. The molecule has 0 spiro atoms. The molecule has 1 heterocycles. The highest BCUT2D eigenvalue weighted by atomic mass is 35.5. The molecule has 0 saturated carbocycles. The molecule has 0 fully saturated rings. The minimum atomic E-state index is -0.554. The van der Waals surface area contributed by atoms with Crippen LogP contribution in [0.3, 0.4) is 0 Å². The van der Waals surface area contributed by atoms with Crippen LogP contribution in [0.4, 0.5) is 5.69 Å². The zero-order chi connectivity index (χ0) is 12.4. The van der Waals surface area contributed by atoms with Crippen molar-refractivity contribution in [2.24, 2.45) is 10.3 Å². The number of rotatable bonds is 2. The molecular weight excluding hydrogens is 242 g/mol. The number of oxime groups is 1. The predicted octanol–water partition coefficient (Wildman–Crippen LogP) is 2.06. The molecular formula is C11H10ClN3O2. The van der Waals surface area contributed by atoms with E-state index < -0.39 is 5.97 Å². The summed E-state index contributed by atoms with van der Waals surface area (Å²) >= 11 is 6.02. The smallest absolute Gasteiger partial charge is 0.311 e. The van der Waals surface area contributed by atoms with Crippen LogP contribution in [0, 0.1) is 0 Å². The molecule has 1 aliphatic rings. The Kier molecular flexibility index (Phi) is 3.10. The number of benzene rings is 1. The number of anilines is 1. The molecule has 0 aliphatic carbocycles. The first kappa shape index (κ1) is 11.6. The third kappa shape index (κ3) is 2.29. The largest absolute Gasteiger partial charge is 0.387 e. The van der Waals surface area contributed by atoms with Crippen molar-refractivity contribution < 1.29 is 9.63 Å². The molecule has 88 valence electrons. The zero-order valence-electron chi connectivity index (χ0n) is 9.35. The number of halogens is 1. The fourth-order valence-corrected chi connectivity index (χ4v) is 1.63. The van der Waals surface area contributed by atoms with Gasteiger partial charge in [-0.1, -0.05) is 28.9 Å². The molecule has 0 bridgehead atoms. The fraction of sp³-hybridized carbons (Fsp3) is 0.182. The number of carbonyl (C=O) groups is 1. The molecule has 0 N–H and O–H groups in total. The third-order valence-electron chi connectivity index (χ3n) is 2.25. The normalized spacial score (nSPS) is 17.0. The van der Waals surface area contributed by atoms with Gasteiger partial charge in [-0.2, -0.15) is 5.10 Å². The van der Waals surface area contributed by atoms with Gasteiger partial charge in [-0.05, 0) is 19.1 Å². The van der Waals surface area contributed by atoms with Crippen molar-refractivity contribution >= 4 is 34.7 Å². The standard InChI is InChI=1S/C11H10ClN3O2/c1-7-10(11(16)17-14-7)13-15(2)9-6-4-3-5-8(9)12/h3-6H,1-2H3/b13-10-. The highest BCUT2D eigenvalue weighted by molar-refractivity contribution is 6.66. The summed E-state index contributed by atoms with van der Waals surface area (Å²) in [5, 5.41) is 9.75. The fourth-order valence-electron chi connectivity index (χ4n) is 1.38. The van der Waals surface area contributed by atoms with Crippen LogP contribution in [-0.4, -0.2) is 24.4 Å². The van der Waals surface area contributed by atoms with E-state index in [1.807, 2.05) is 12.1 Å². The summed E-state index contributed by atoms with van der Waals surface area (Å²) < 4.78 is 0.